The third-order valence-corrected chi connectivity index (χ3v) is 6.36. The lowest BCUT2D eigenvalue weighted by Crippen LogP contribution is -2.03. The van der Waals surface area contributed by atoms with Gasteiger partial charge in [-0.15, -0.1) is 11.3 Å². The van der Waals surface area contributed by atoms with E-state index >= 15 is 0 Å². The zero-order valence-corrected chi connectivity index (χ0v) is 19.4. The fourth-order valence-corrected chi connectivity index (χ4v) is 4.46. The first-order valence-electron chi connectivity index (χ1n) is 10.8. The molecule has 4 aromatic rings. The molecule has 2 aromatic carbocycles. The second-order valence-electron chi connectivity index (χ2n) is 7.82. The van der Waals surface area contributed by atoms with Crippen molar-refractivity contribution in [3.63, 3.8) is 0 Å². The summed E-state index contributed by atoms with van der Waals surface area (Å²) in [4.78, 5) is 18.9. The van der Waals surface area contributed by atoms with E-state index in [1.54, 1.807) is 6.07 Å². The Labute approximate surface area is 201 Å². The number of aryl methyl sites for hydroxylation is 1. The van der Waals surface area contributed by atoms with Gasteiger partial charge in [0.2, 0.25) is 0 Å². The molecule has 2 aromatic heterocycles. The zero-order chi connectivity index (χ0) is 25.0. The number of benzene rings is 2. The first-order chi connectivity index (χ1) is 16.7. The number of rotatable bonds is 9. The molecule has 0 unspecified atom stereocenters. The number of hydrogen-bond acceptors (Lipinski definition) is 6. The van der Waals surface area contributed by atoms with Crippen LogP contribution in [0.4, 0.5) is 17.6 Å². The SMILES string of the molecule is CCCCc1nc(-c2ccc(C(F)(F)F)cc2)sc1COCc1ccc(-c2noc(=O)[nH]2)c(F)c1. The van der Waals surface area contributed by atoms with E-state index in [-0.39, 0.29) is 24.6 Å². The van der Waals surface area contributed by atoms with Crippen LogP contribution in [-0.2, 0) is 30.5 Å². The van der Waals surface area contributed by atoms with Crippen LogP contribution in [0.25, 0.3) is 22.0 Å². The number of nitrogens with zero attached hydrogens (tertiary/aromatic N) is 2. The molecule has 0 aliphatic rings. The Balaban J connectivity index is 1.46. The van der Waals surface area contributed by atoms with Crippen LogP contribution in [-0.4, -0.2) is 15.1 Å². The number of aromatic nitrogens is 3. The molecule has 0 fully saturated rings. The van der Waals surface area contributed by atoms with Gasteiger partial charge in [-0.2, -0.15) is 13.2 Å². The molecule has 11 heteroatoms. The third-order valence-electron chi connectivity index (χ3n) is 5.24. The number of alkyl halides is 3. The Bertz CT molecular complexity index is 1340. The van der Waals surface area contributed by atoms with E-state index < -0.39 is 23.3 Å². The molecule has 0 saturated heterocycles. The maximum atomic E-state index is 14.5. The lowest BCUT2D eigenvalue weighted by atomic mass is 10.1. The highest BCUT2D eigenvalue weighted by atomic mass is 32.1. The van der Waals surface area contributed by atoms with Crippen LogP contribution in [0.1, 0.15) is 41.5 Å². The summed E-state index contributed by atoms with van der Waals surface area (Å²) in [6, 6.07) is 9.36. The molecule has 0 spiro atoms. The van der Waals surface area contributed by atoms with Crippen molar-refractivity contribution in [2.24, 2.45) is 0 Å². The Morgan fingerprint density at radius 3 is 2.51 bits per heavy atom. The van der Waals surface area contributed by atoms with Gasteiger partial charge in [0.15, 0.2) is 5.82 Å². The predicted molar refractivity (Wildman–Crippen MR) is 122 cm³/mol. The van der Waals surface area contributed by atoms with Crippen LogP contribution in [0, 0.1) is 5.82 Å². The topological polar surface area (TPSA) is 81.0 Å². The number of H-pyrrole nitrogens is 1. The van der Waals surface area contributed by atoms with Gasteiger partial charge in [-0.3, -0.25) is 9.51 Å². The number of aromatic amines is 1. The molecule has 0 atom stereocenters. The molecule has 2 heterocycles. The van der Waals surface area contributed by atoms with Crippen LogP contribution in [0.2, 0.25) is 0 Å². The maximum absolute atomic E-state index is 14.5. The van der Waals surface area contributed by atoms with Gasteiger partial charge in [0.05, 0.1) is 34.9 Å². The molecule has 0 bridgehead atoms. The molecule has 35 heavy (non-hydrogen) atoms. The smallest absolute Gasteiger partial charge is 0.371 e. The summed E-state index contributed by atoms with van der Waals surface area (Å²) in [7, 11) is 0. The first kappa shape index (κ1) is 24.8. The molecule has 0 aliphatic heterocycles. The number of ether oxygens (including phenoxy) is 1. The van der Waals surface area contributed by atoms with E-state index in [0.29, 0.717) is 16.1 Å². The molecule has 6 nitrogen and oxygen atoms in total. The van der Waals surface area contributed by atoms with Crippen LogP contribution in [0.3, 0.4) is 0 Å². The summed E-state index contributed by atoms with van der Waals surface area (Å²) in [5.41, 5.74) is 1.43. The zero-order valence-electron chi connectivity index (χ0n) is 18.6. The largest absolute Gasteiger partial charge is 0.439 e. The third kappa shape index (κ3) is 6.04. The Hall–Kier alpha value is -3.31. The number of halogens is 4. The van der Waals surface area contributed by atoms with E-state index in [0.717, 1.165) is 42.0 Å². The van der Waals surface area contributed by atoms with E-state index in [1.807, 2.05) is 0 Å². The molecule has 0 amide bonds. The van der Waals surface area contributed by atoms with Gasteiger partial charge in [0.25, 0.3) is 0 Å². The molecule has 0 radical (unpaired) electrons. The number of nitrogens with one attached hydrogen (secondary N) is 1. The van der Waals surface area contributed by atoms with Crippen molar-refractivity contribution in [1.29, 1.82) is 0 Å². The van der Waals surface area contributed by atoms with Gasteiger partial charge in [0, 0.05) is 5.56 Å². The minimum Gasteiger partial charge on any atom is -0.371 e. The molecule has 0 saturated carbocycles. The number of hydrogen-bond donors (Lipinski definition) is 1. The monoisotopic (exact) mass is 507 g/mol. The fourth-order valence-electron chi connectivity index (χ4n) is 3.41. The van der Waals surface area contributed by atoms with Crippen molar-refractivity contribution < 1.29 is 26.8 Å². The van der Waals surface area contributed by atoms with Crippen molar-refractivity contribution in [2.45, 2.75) is 45.6 Å². The van der Waals surface area contributed by atoms with Gasteiger partial charge in [-0.1, -0.05) is 36.7 Å². The van der Waals surface area contributed by atoms with Crippen LogP contribution >= 0.6 is 11.3 Å². The molecule has 1 N–H and O–H groups in total. The second kappa shape index (κ2) is 10.5. The molecule has 0 aliphatic carbocycles. The Morgan fingerprint density at radius 1 is 1.11 bits per heavy atom. The maximum Gasteiger partial charge on any atom is 0.439 e. The fraction of sp³-hybridized carbons (Fsp3) is 0.292. The predicted octanol–water partition coefficient (Wildman–Crippen LogP) is 6.37. The summed E-state index contributed by atoms with van der Waals surface area (Å²) in [5, 5.41) is 4.11. The highest BCUT2D eigenvalue weighted by Gasteiger charge is 2.30. The highest BCUT2D eigenvalue weighted by molar-refractivity contribution is 7.15. The highest BCUT2D eigenvalue weighted by Crippen LogP contribution is 2.34. The van der Waals surface area contributed by atoms with Gasteiger partial charge >= 0.3 is 11.9 Å². The first-order valence-corrected chi connectivity index (χ1v) is 11.6. The molecule has 4 rings (SSSR count). The lowest BCUT2D eigenvalue weighted by Gasteiger charge is -2.06. The van der Waals surface area contributed by atoms with Gasteiger partial charge in [0.1, 0.15) is 10.8 Å². The van der Waals surface area contributed by atoms with Crippen molar-refractivity contribution in [3.05, 3.63) is 80.5 Å². The molecule has 184 valence electrons. The van der Waals surface area contributed by atoms with E-state index in [1.165, 1.54) is 35.6 Å². The lowest BCUT2D eigenvalue weighted by molar-refractivity contribution is -0.137. The van der Waals surface area contributed by atoms with Crippen LogP contribution in [0.5, 0.6) is 0 Å². The summed E-state index contributed by atoms with van der Waals surface area (Å²) < 4.78 is 63.3. The second-order valence-corrected chi connectivity index (χ2v) is 8.90. The summed E-state index contributed by atoms with van der Waals surface area (Å²) in [5.74, 6) is -1.35. The number of thiazole rings is 1. The van der Waals surface area contributed by atoms with Crippen molar-refractivity contribution in [2.75, 3.05) is 0 Å². The standard InChI is InChI=1S/C24H21F4N3O3S/c1-2-3-4-19-20(35-22(29-19)15-6-8-16(9-7-15)24(26,27)28)13-33-12-14-5-10-17(18(25)11-14)21-30-23(32)34-31-21/h5-11H,2-4,12-13H2,1H3,(H,30,31,32). The van der Waals surface area contributed by atoms with E-state index in [2.05, 4.69) is 26.6 Å². The summed E-state index contributed by atoms with van der Waals surface area (Å²) >= 11 is 1.37. The van der Waals surface area contributed by atoms with Crippen molar-refractivity contribution in [3.8, 4) is 22.0 Å². The minimum atomic E-state index is -4.39. The van der Waals surface area contributed by atoms with E-state index in [4.69, 9.17) is 4.74 Å². The average Bonchev–Trinajstić information content (AvgIpc) is 3.43. The van der Waals surface area contributed by atoms with Crippen LogP contribution in [0.15, 0.2) is 51.8 Å². The van der Waals surface area contributed by atoms with E-state index in [9.17, 15) is 22.4 Å². The Kier molecular flexibility index (Phi) is 7.46. The average molecular weight is 508 g/mol. The molecular weight excluding hydrogens is 486 g/mol. The quantitative estimate of drug-likeness (QED) is 0.266. The normalized spacial score (nSPS) is 11.8. The van der Waals surface area contributed by atoms with Crippen molar-refractivity contribution >= 4 is 11.3 Å². The summed E-state index contributed by atoms with van der Waals surface area (Å²) in [6.45, 7) is 2.43. The van der Waals surface area contributed by atoms with Gasteiger partial charge in [-0.25, -0.2) is 14.2 Å². The minimum absolute atomic E-state index is 0.000917. The van der Waals surface area contributed by atoms with Crippen LogP contribution < -0.4 is 5.76 Å². The summed E-state index contributed by atoms with van der Waals surface area (Å²) in [6.07, 6.45) is -1.78. The van der Waals surface area contributed by atoms with Crippen molar-refractivity contribution in [1.82, 2.24) is 15.1 Å². The Morgan fingerprint density at radius 2 is 1.89 bits per heavy atom. The number of unbranched alkanes of at least 4 members (excludes halogenated alkanes) is 1. The van der Waals surface area contributed by atoms with Gasteiger partial charge < -0.3 is 4.74 Å². The molecular formula is C24H21F4N3O3S. The van der Waals surface area contributed by atoms with Gasteiger partial charge in [-0.05, 0) is 42.7 Å².